The summed E-state index contributed by atoms with van der Waals surface area (Å²) >= 11 is 0. The molecule has 5 nitrogen and oxygen atoms in total. The van der Waals surface area contributed by atoms with Crippen LogP contribution in [0.2, 0.25) is 0 Å². The first-order chi connectivity index (χ1) is 9.17. The average molecular weight is 263 g/mol. The number of nitrogens with zero attached hydrogens (tertiary/aromatic N) is 3. The van der Waals surface area contributed by atoms with Crippen LogP contribution in [0, 0.1) is 5.92 Å². The normalized spacial score (nSPS) is 14.8. The summed E-state index contributed by atoms with van der Waals surface area (Å²) in [6, 6.07) is 0. The lowest BCUT2D eigenvalue weighted by atomic mass is 10.0. The van der Waals surface area contributed by atoms with Crippen molar-refractivity contribution in [3.05, 3.63) is 11.9 Å². The fourth-order valence-electron chi connectivity index (χ4n) is 2.45. The van der Waals surface area contributed by atoms with Gasteiger partial charge in [-0.3, -0.25) is 0 Å². The fraction of sp³-hybridized carbons (Fsp3) is 0.714. The van der Waals surface area contributed by atoms with Crippen LogP contribution in [0.15, 0.2) is 6.33 Å². The summed E-state index contributed by atoms with van der Waals surface area (Å²) in [5, 5.41) is 0. The molecule has 19 heavy (non-hydrogen) atoms. The van der Waals surface area contributed by atoms with Gasteiger partial charge in [-0.2, -0.15) is 0 Å². The Bertz CT molecular complexity index is 414. The van der Waals surface area contributed by atoms with Crippen LogP contribution in [0.1, 0.15) is 51.5 Å². The molecule has 1 saturated carbocycles. The van der Waals surface area contributed by atoms with E-state index in [1.807, 2.05) is 0 Å². The van der Waals surface area contributed by atoms with Crippen LogP contribution in [0.5, 0.6) is 0 Å². The standard InChI is InChI=1S/C14H25N5/c1-4-7-19(8-11-5-6-11)14-12(10(2)3)13(18-15)16-9-17-14/h9-11H,4-8,15H2,1-3H3,(H,16,17,18). The van der Waals surface area contributed by atoms with Gasteiger partial charge < -0.3 is 10.3 Å². The first-order valence-corrected chi connectivity index (χ1v) is 7.23. The number of nitrogens with two attached hydrogens (primary N) is 1. The molecule has 0 aromatic carbocycles. The number of hydrazine groups is 1. The van der Waals surface area contributed by atoms with E-state index in [0.717, 1.165) is 42.6 Å². The monoisotopic (exact) mass is 263 g/mol. The third kappa shape index (κ3) is 3.35. The van der Waals surface area contributed by atoms with Gasteiger partial charge in [0.1, 0.15) is 18.0 Å². The molecule has 0 atom stereocenters. The van der Waals surface area contributed by atoms with E-state index in [4.69, 9.17) is 5.84 Å². The molecule has 1 heterocycles. The maximum absolute atomic E-state index is 5.59. The zero-order valence-electron chi connectivity index (χ0n) is 12.2. The number of nitrogen functional groups attached to an aromatic ring is 1. The van der Waals surface area contributed by atoms with Gasteiger partial charge in [0.25, 0.3) is 0 Å². The molecule has 0 unspecified atom stereocenters. The summed E-state index contributed by atoms with van der Waals surface area (Å²) in [6.07, 6.45) is 5.43. The summed E-state index contributed by atoms with van der Waals surface area (Å²) < 4.78 is 0. The van der Waals surface area contributed by atoms with E-state index in [0.29, 0.717) is 5.92 Å². The summed E-state index contributed by atoms with van der Waals surface area (Å²) in [4.78, 5) is 11.2. The Morgan fingerprint density at radius 3 is 2.68 bits per heavy atom. The van der Waals surface area contributed by atoms with E-state index in [2.05, 4.69) is 41.1 Å². The minimum absolute atomic E-state index is 0.348. The Kier molecular flexibility index (Phi) is 4.58. The van der Waals surface area contributed by atoms with Gasteiger partial charge in [0, 0.05) is 18.7 Å². The lowest BCUT2D eigenvalue weighted by Crippen LogP contribution is -2.29. The molecule has 0 spiro atoms. The van der Waals surface area contributed by atoms with Gasteiger partial charge in [-0.05, 0) is 31.1 Å². The van der Waals surface area contributed by atoms with Crippen LogP contribution in [-0.4, -0.2) is 23.1 Å². The molecule has 1 aliphatic carbocycles. The molecule has 0 aliphatic heterocycles. The quantitative estimate of drug-likeness (QED) is 0.584. The van der Waals surface area contributed by atoms with E-state index in [9.17, 15) is 0 Å². The maximum Gasteiger partial charge on any atom is 0.148 e. The van der Waals surface area contributed by atoms with E-state index in [1.165, 1.54) is 12.8 Å². The number of anilines is 2. The predicted octanol–water partition coefficient (Wildman–Crippen LogP) is 2.51. The summed E-state index contributed by atoms with van der Waals surface area (Å²) in [5.41, 5.74) is 3.83. The third-order valence-electron chi connectivity index (χ3n) is 3.55. The lowest BCUT2D eigenvalue weighted by molar-refractivity contribution is 0.687. The molecule has 106 valence electrons. The molecule has 1 aliphatic rings. The molecule has 0 amide bonds. The minimum Gasteiger partial charge on any atom is -0.356 e. The minimum atomic E-state index is 0.348. The van der Waals surface area contributed by atoms with Gasteiger partial charge in [0.2, 0.25) is 0 Å². The molecule has 0 bridgehead atoms. The Hall–Kier alpha value is -1.36. The van der Waals surface area contributed by atoms with Crippen molar-refractivity contribution in [1.82, 2.24) is 9.97 Å². The Morgan fingerprint density at radius 2 is 2.16 bits per heavy atom. The molecular weight excluding hydrogens is 238 g/mol. The number of rotatable bonds is 7. The smallest absolute Gasteiger partial charge is 0.148 e. The van der Waals surface area contributed by atoms with Crippen LogP contribution < -0.4 is 16.2 Å². The average Bonchev–Trinajstić information content (AvgIpc) is 3.21. The molecule has 1 aromatic heterocycles. The lowest BCUT2D eigenvalue weighted by Gasteiger charge is -2.27. The molecule has 3 N–H and O–H groups in total. The van der Waals surface area contributed by atoms with Gasteiger partial charge in [0.15, 0.2) is 0 Å². The zero-order chi connectivity index (χ0) is 13.8. The van der Waals surface area contributed by atoms with Crippen LogP contribution in [0.4, 0.5) is 11.6 Å². The van der Waals surface area contributed by atoms with E-state index < -0.39 is 0 Å². The summed E-state index contributed by atoms with van der Waals surface area (Å²) in [6.45, 7) is 8.67. The van der Waals surface area contributed by atoms with Crippen LogP contribution in [0.25, 0.3) is 0 Å². The first kappa shape index (κ1) is 14.1. The molecular formula is C14H25N5. The predicted molar refractivity (Wildman–Crippen MR) is 79.2 cm³/mol. The highest BCUT2D eigenvalue weighted by Crippen LogP contribution is 2.35. The number of hydrogen-bond acceptors (Lipinski definition) is 5. The Balaban J connectivity index is 2.33. The summed E-state index contributed by atoms with van der Waals surface area (Å²) in [7, 11) is 0. The third-order valence-corrected chi connectivity index (χ3v) is 3.55. The topological polar surface area (TPSA) is 67.1 Å². The summed E-state index contributed by atoms with van der Waals surface area (Å²) in [5.74, 6) is 8.57. The number of hydrogen-bond donors (Lipinski definition) is 2. The number of nitrogens with one attached hydrogen (secondary N) is 1. The van der Waals surface area contributed by atoms with E-state index in [-0.39, 0.29) is 0 Å². The number of aromatic nitrogens is 2. The van der Waals surface area contributed by atoms with Crippen LogP contribution >= 0.6 is 0 Å². The first-order valence-electron chi connectivity index (χ1n) is 7.23. The van der Waals surface area contributed by atoms with Gasteiger partial charge in [-0.25, -0.2) is 15.8 Å². The van der Waals surface area contributed by atoms with Crippen molar-refractivity contribution < 1.29 is 0 Å². The van der Waals surface area contributed by atoms with Crippen molar-refractivity contribution in [2.75, 3.05) is 23.4 Å². The Labute approximate surface area is 115 Å². The van der Waals surface area contributed by atoms with Gasteiger partial charge in [-0.15, -0.1) is 0 Å². The van der Waals surface area contributed by atoms with Crippen molar-refractivity contribution in [3.8, 4) is 0 Å². The highest BCUT2D eigenvalue weighted by atomic mass is 15.3. The maximum atomic E-state index is 5.59. The van der Waals surface area contributed by atoms with Crippen molar-refractivity contribution >= 4 is 11.6 Å². The van der Waals surface area contributed by atoms with Crippen molar-refractivity contribution in [2.24, 2.45) is 11.8 Å². The molecule has 0 radical (unpaired) electrons. The molecule has 5 heteroatoms. The Morgan fingerprint density at radius 1 is 1.42 bits per heavy atom. The second-order valence-corrected chi connectivity index (χ2v) is 5.65. The highest BCUT2D eigenvalue weighted by Gasteiger charge is 2.27. The van der Waals surface area contributed by atoms with Gasteiger partial charge >= 0.3 is 0 Å². The van der Waals surface area contributed by atoms with Crippen LogP contribution in [0.3, 0.4) is 0 Å². The van der Waals surface area contributed by atoms with E-state index >= 15 is 0 Å². The van der Waals surface area contributed by atoms with Gasteiger partial charge in [0.05, 0.1) is 0 Å². The molecule has 0 saturated heterocycles. The zero-order valence-corrected chi connectivity index (χ0v) is 12.2. The SMILES string of the molecule is CCCN(CC1CC1)c1ncnc(NN)c1C(C)C. The fourth-order valence-corrected chi connectivity index (χ4v) is 2.45. The second kappa shape index (κ2) is 6.19. The largest absolute Gasteiger partial charge is 0.356 e. The van der Waals surface area contributed by atoms with Crippen LogP contribution in [-0.2, 0) is 0 Å². The van der Waals surface area contributed by atoms with Gasteiger partial charge in [-0.1, -0.05) is 20.8 Å². The van der Waals surface area contributed by atoms with Crippen molar-refractivity contribution in [3.63, 3.8) is 0 Å². The van der Waals surface area contributed by atoms with Crippen molar-refractivity contribution in [1.29, 1.82) is 0 Å². The second-order valence-electron chi connectivity index (χ2n) is 5.65. The molecule has 2 rings (SSSR count). The van der Waals surface area contributed by atoms with E-state index in [1.54, 1.807) is 6.33 Å². The highest BCUT2D eigenvalue weighted by molar-refractivity contribution is 5.60. The molecule has 1 fully saturated rings. The molecule has 1 aromatic rings. The van der Waals surface area contributed by atoms with Crippen molar-refractivity contribution in [2.45, 2.75) is 46.0 Å².